The fourth-order valence-corrected chi connectivity index (χ4v) is 3.51. The van der Waals surface area contributed by atoms with Crippen molar-refractivity contribution in [3.8, 4) is 0 Å². The number of hydrogen-bond donors (Lipinski definition) is 1. The Balaban J connectivity index is 1.53. The van der Waals surface area contributed by atoms with Gasteiger partial charge in [-0.1, -0.05) is 0 Å². The van der Waals surface area contributed by atoms with Gasteiger partial charge in [0.25, 0.3) is 5.91 Å². The van der Waals surface area contributed by atoms with Gasteiger partial charge in [0.05, 0.1) is 4.88 Å². The number of carbonyl (C=O) groups is 1. The molecule has 1 aromatic heterocycles. The van der Waals surface area contributed by atoms with Gasteiger partial charge in [0, 0.05) is 43.0 Å². The lowest BCUT2D eigenvalue weighted by atomic mass is 10.2. The second-order valence-electron chi connectivity index (χ2n) is 5.21. The van der Waals surface area contributed by atoms with Gasteiger partial charge < -0.3 is 4.90 Å². The summed E-state index contributed by atoms with van der Waals surface area (Å²) in [6.07, 6.45) is 2.80. The normalized spacial score (nSPS) is 21.3. The molecule has 5 heteroatoms. The van der Waals surface area contributed by atoms with E-state index in [1.807, 2.05) is 16.3 Å². The highest BCUT2D eigenvalue weighted by Gasteiger charge is 2.28. The zero-order chi connectivity index (χ0) is 12.5. The van der Waals surface area contributed by atoms with Gasteiger partial charge in [-0.15, -0.1) is 24.0 Å². The molecule has 1 amide bonds. The molecule has 2 heterocycles. The molecule has 0 radical (unpaired) electrons. The summed E-state index contributed by atoms with van der Waals surface area (Å²) in [5, 5.41) is 1.92. The van der Waals surface area contributed by atoms with Crippen LogP contribution in [0.1, 0.15) is 22.5 Å². The molecule has 0 unspecified atom stereocenters. The summed E-state index contributed by atoms with van der Waals surface area (Å²) >= 11 is 5.75. The molecule has 2 fully saturated rings. The van der Waals surface area contributed by atoms with Crippen molar-refractivity contribution < 1.29 is 4.79 Å². The van der Waals surface area contributed by atoms with Gasteiger partial charge in [-0.3, -0.25) is 9.69 Å². The molecular formula is C13H18N2OS2. The number of thiophene rings is 1. The van der Waals surface area contributed by atoms with Crippen molar-refractivity contribution in [1.29, 1.82) is 0 Å². The van der Waals surface area contributed by atoms with Crippen LogP contribution in [-0.2, 0) is 0 Å². The van der Waals surface area contributed by atoms with E-state index in [1.54, 1.807) is 0 Å². The van der Waals surface area contributed by atoms with Crippen molar-refractivity contribution in [3.63, 3.8) is 0 Å². The molecule has 3 nitrogen and oxygen atoms in total. The third kappa shape index (κ3) is 2.90. The smallest absolute Gasteiger partial charge is 0.264 e. The number of rotatable bonds is 3. The Kier molecular flexibility index (Phi) is 3.63. The second kappa shape index (κ2) is 5.23. The van der Waals surface area contributed by atoms with Crippen molar-refractivity contribution in [2.24, 2.45) is 5.92 Å². The summed E-state index contributed by atoms with van der Waals surface area (Å²) in [7, 11) is 0. The van der Waals surface area contributed by atoms with Crippen LogP contribution in [0.4, 0.5) is 0 Å². The van der Waals surface area contributed by atoms with E-state index in [9.17, 15) is 4.79 Å². The third-order valence-electron chi connectivity index (χ3n) is 3.67. The van der Waals surface area contributed by atoms with Gasteiger partial charge in [0.2, 0.25) is 0 Å². The van der Waals surface area contributed by atoms with Crippen LogP contribution in [0.25, 0.3) is 0 Å². The van der Waals surface area contributed by atoms with Gasteiger partial charge in [-0.05, 0) is 24.8 Å². The summed E-state index contributed by atoms with van der Waals surface area (Å²) < 4.78 is 0. The highest BCUT2D eigenvalue weighted by atomic mass is 32.1. The predicted molar refractivity (Wildman–Crippen MR) is 76.6 cm³/mol. The summed E-state index contributed by atoms with van der Waals surface area (Å²) in [6.45, 7) is 5.03. The first-order chi connectivity index (χ1) is 8.72. The molecule has 1 saturated carbocycles. The van der Waals surface area contributed by atoms with Crippen LogP contribution in [0.15, 0.2) is 16.3 Å². The largest absolute Gasteiger partial charge is 0.335 e. The Morgan fingerprint density at radius 2 is 2.06 bits per heavy atom. The Morgan fingerprint density at radius 1 is 1.33 bits per heavy atom. The van der Waals surface area contributed by atoms with Gasteiger partial charge in [0.1, 0.15) is 0 Å². The fraction of sp³-hybridized carbons (Fsp3) is 0.615. The van der Waals surface area contributed by atoms with E-state index in [1.165, 1.54) is 30.7 Å². The maximum Gasteiger partial charge on any atom is 0.264 e. The zero-order valence-electron chi connectivity index (χ0n) is 10.3. The molecule has 0 atom stereocenters. The molecule has 98 valence electrons. The number of hydrogen-bond acceptors (Lipinski definition) is 4. The molecule has 0 N–H and O–H groups in total. The minimum atomic E-state index is 0.173. The van der Waals surface area contributed by atoms with Crippen LogP contribution in [0, 0.1) is 5.92 Å². The van der Waals surface area contributed by atoms with Crippen LogP contribution in [-0.4, -0.2) is 48.4 Å². The average molecular weight is 282 g/mol. The maximum absolute atomic E-state index is 12.2. The lowest BCUT2D eigenvalue weighted by Gasteiger charge is -2.34. The number of piperazine rings is 1. The van der Waals surface area contributed by atoms with E-state index < -0.39 is 0 Å². The summed E-state index contributed by atoms with van der Waals surface area (Å²) in [5.41, 5.74) is 0. The lowest BCUT2D eigenvalue weighted by Crippen LogP contribution is -2.49. The second-order valence-corrected chi connectivity index (χ2v) is 6.63. The predicted octanol–water partition coefficient (Wildman–Crippen LogP) is 2.20. The van der Waals surface area contributed by atoms with Crippen molar-refractivity contribution in [1.82, 2.24) is 9.80 Å². The molecule has 0 spiro atoms. The van der Waals surface area contributed by atoms with Crippen LogP contribution < -0.4 is 0 Å². The van der Waals surface area contributed by atoms with E-state index in [2.05, 4.69) is 17.5 Å². The van der Waals surface area contributed by atoms with Gasteiger partial charge in [0.15, 0.2) is 0 Å². The maximum atomic E-state index is 12.2. The SMILES string of the molecule is O=C(c1cc(S)cs1)N1CCN(CC2CC2)CC1. The molecule has 1 aliphatic carbocycles. The van der Waals surface area contributed by atoms with Crippen molar-refractivity contribution in [3.05, 3.63) is 16.3 Å². The van der Waals surface area contributed by atoms with Gasteiger partial charge >= 0.3 is 0 Å². The number of thiol groups is 1. The first-order valence-electron chi connectivity index (χ1n) is 6.51. The molecule has 2 aliphatic rings. The quantitative estimate of drug-likeness (QED) is 0.859. The lowest BCUT2D eigenvalue weighted by molar-refractivity contribution is 0.0636. The van der Waals surface area contributed by atoms with Gasteiger partial charge in [-0.2, -0.15) is 0 Å². The molecular weight excluding hydrogens is 264 g/mol. The van der Waals surface area contributed by atoms with Crippen molar-refractivity contribution in [2.75, 3.05) is 32.7 Å². The minimum Gasteiger partial charge on any atom is -0.335 e. The number of amides is 1. The van der Waals surface area contributed by atoms with Crippen LogP contribution in [0.3, 0.4) is 0 Å². The molecule has 0 bridgehead atoms. The zero-order valence-corrected chi connectivity index (χ0v) is 12.1. The Bertz CT molecular complexity index is 434. The Morgan fingerprint density at radius 3 is 2.61 bits per heavy atom. The van der Waals surface area contributed by atoms with Crippen molar-refractivity contribution in [2.45, 2.75) is 17.7 Å². The van der Waals surface area contributed by atoms with Crippen LogP contribution in [0.5, 0.6) is 0 Å². The first-order valence-corrected chi connectivity index (χ1v) is 7.84. The van der Waals surface area contributed by atoms with E-state index in [0.29, 0.717) is 0 Å². The summed E-state index contributed by atoms with van der Waals surface area (Å²) in [5.74, 6) is 1.11. The molecule has 0 aromatic carbocycles. The highest BCUT2D eigenvalue weighted by molar-refractivity contribution is 7.80. The van der Waals surface area contributed by atoms with Crippen LogP contribution in [0.2, 0.25) is 0 Å². The van der Waals surface area contributed by atoms with E-state index in [4.69, 9.17) is 0 Å². The van der Waals surface area contributed by atoms with Gasteiger partial charge in [-0.25, -0.2) is 0 Å². The Hall–Kier alpha value is -0.520. The molecule has 18 heavy (non-hydrogen) atoms. The Labute approximate surface area is 117 Å². The van der Waals surface area contributed by atoms with Crippen molar-refractivity contribution >= 4 is 29.9 Å². The van der Waals surface area contributed by atoms with Crippen LogP contribution >= 0.6 is 24.0 Å². The first kappa shape index (κ1) is 12.5. The molecule has 1 aliphatic heterocycles. The molecule has 3 rings (SSSR count). The van der Waals surface area contributed by atoms with E-state index in [0.717, 1.165) is 41.9 Å². The standard InChI is InChI=1S/C13H18N2OS2/c16-13(12-7-11(17)9-18-12)15-5-3-14(4-6-15)8-10-1-2-10/h7,9-10,17H,1-6,8H2. The average Bonchev–Trinajstić information content (AvgIpc) is 3.09. The van der Waals surface area contributed by atoms with E-state index in [-0.39, 0.29) is 5.91 Å². The fourth-order valence-electron chi connectivity index (χ4n) is 2.39. The highest BCUT2D eigenvalue weighted by Crippen LogP contribution is 2.30. The summed E-state index contributed by atoms with van der Waals surface area (Å²) in [4.78, 5) is 18.4. The number of nitrogens with zero attached hydrogens (tertiary/aromatic N) is 2. The third-order valence-corrected chi connectivity index (χ3v) is 5.02. The molecule has 1 aromatic rings. The monoisotopic (exact) mass is 282 g/mol. The van der Waals surface area contributed by atoms with E-state index >= 15 is 0 Å². The summed E-state index contributed by atoms with van der Waals surface area (Å²) in [6, 6.07) is 1.87. The molecule has 1 saturated heterocycles. The number of carbonyl (C=O) groups excluding carboxylic acids is 1. The topological polar surface area (TPSA) is 23.6 Å². The minimum absolute atomic E-state index is 0.173.